The second-order valence-corrected chi connectivity index (χ2v) is 5.54. The van der Waals surface area contributed by atoms with Gasteiger partial charge in [0.25, 0.3) is 5.91 Å². The average molecular weight is 329 g/mol. The third-order valence-corrected chi connectivity index (χ3v) is 3.69. The van der Waals surface area contributed by atoms with E-state index in [0.717, 1.165) is 12.8 Å². The normalized spacial score (nSPS) is 14.6. The zero-order valence-electron chi connectivity index (χ0n) is 13.4. The Bertz CT molecular complexity index is 657. The summed E-state index contributed by atoms with van der Waals surface area (Å²) in [5.74, 6) is -1.19. The molecule has 7 heteroatoms. The van der Waals surface area contributed by atoms with E-state index < -0.39 is 18.0 Å². The molecule has 126 valence electrons. The molecule has 1 aromatic carbocycles. The molecular formula is C17H19N3O4. The molecule has 2 amide bonds. The number of nitriles is 1. The van der Waals surface area contributed by atoms with Gasteiger partial charge < -0.3 is 15.0 Å². The lowest BCUT2D eigenvalue weighted by Gasteiger charge is -2.20. The number of benzene rings is 1. The van der Waals surface area contributed by atoms with Crippen molar-refractivity contribution in [2.75, 3.05) is 18.4 Å². The fraction of sp³-hybridized carbons (Fsp3) is 0.412. The summed E-state index contributed by atoms with van der Waals surface area (Å²) in [6.45, 7) is 2.98. The number of likely N-dealkylation sites (tertiary alicyclic amines) is 1. The van der Waals surface area contributed by atoms with Crippen LogP contribution in [-0.2, 0) is 14.3 Å². The number of anilines is 1. The fourth-order valence-corrected chi connectivity index (χ4v) is 2.44. The smallest absolute Gasteiger partial charge is 0.338 e. The van der Waals surface area contributed by atoms with Crippen molar-refractivity contribution in [3.8, 4) is 6.07 Å². The van der Waals surface area contributed by atoms with E-state index in [0.29, 0.717) is 18.8 Å². The van der Waals surface area contributed by atoms with Gasteiger partial charge in [0.2, 0.25) is 5.91 Å². The van der Waals surface area contributed by atoms with Crippen LogP contribution in [0.3, 0.4) is 0 Å². The maximum Gasteiger partial charge on any atom is 0.338 e. The van der Waals surface area contributed by atoms with Crippen LogP contribution in [-0.4, -0.2) is 41.9 Å². The summed E-state index contributed by atoms with van der Waals surface area (Å²) in [5, 5.41) is 11.0. The average Bonchev–Trinajstić information content (AvgIpc) is 3.09. The monoisotopic (exact) mass is 329 g/mol. The van der Waals surface area contributed by atoms with Gasteiger partial charge in [0.1, 0.15) is 6.42 Å². The van der Waals surface area contributed by atoms with Crippen LogP contribution in [0.4, 0.5) is 5.69 Å². The van der Waals surface area contributed by atoms with Crippen molar-refractivity contribution in [1.29, 1.82) is 5.26 Å². The van der Waals surface area contributed by atoms with Crippen molar-refractivity contribution in [3.63, 3.8) is 0 Å². The first-order chi connectivity index (χ1) is 11.5. The largest absolute Gasteiger partial charge is 0.449 e. The Balaban J connectivity index is 1.91. The molecule has 2 rings (SSSR count). The molecule has 0 bridgehead atoms. The van der Waals surface area contributed by atoms with Gasteiger partial charge in [0.05, 0.1) is 11.6 Å². The number of nitrogens with one attached hydrogen (secondary N) is 1. The van der Waals surface area contributed by atoms with Gasteiger partial charge in [-0.15, -0.1) is 0 Å². The van der Waals surface area contributed by atoms with Gasteiger partial charge in [-0.2, -0.15) is 5.26 Å². The second kappa shape index (κ2) is 8.11. The first kappa shape index (κ1) is 17.5. The number of carbonyl (C=O) groups excluding carboxylic acids is 3. The van der Waals surface area contributed by atoms with Crippen molar-refractivity contribution in [2.24, 2.45) is 0 Å². The van der Waals surface area contributed by atoms with Gasteiger partial charge >= 0.3 is 5.97 Å². The molecular weight excluding hydrogens is 310 g/mol. The van der Waals surface area contributed by atoms with Crippen LogP contribution >= 0.6 is 0 Å². The maximum absolute atomic E-state index is 12.1. The number of hydrogen-bond acceptors (Lipinski definition) is 5. The van der Waals surface area contributed by atoms with Gasteiger partial charge in [-0.05, 0) is 44.0 Å². The van der Waals surface area contributed by atoms with Gasteiger partial charge in [-0.25, -0.2) is 4.79 Å². The SMILES string of the molecule is C[C@@H](OC(=O)c1ccc(NC(=O)CC#N)cc1)C(=O)N1CCCC1. The van der Waals surface area contributed by atoms with Crippen molar-refractivity contribution < 1.29 is 19.1 Å². The zero-order chi connectivity index (χ0) is 17.5. The third-order valence-electron chi connectivity index (χ3n) is 3.69. The number of carbonyl (C=O) groups is 3. The summed E-state index contributed by atoms with van der Waals surface area (Å²) >= 11 is 0. The van der Waals surface area contributed by atoms with Crippen LogP contribution in [0, 0.1) is 11.3 Å². The molecule has 1 heterocycles. The number of ether oxygens (including phenoxy) is 1. The Morgan fingerprint density at radius 1 is 1.25 bits per heavy atom. The number of rotatable bonds is 5. The van der Waals surface area contributed by atoms with E-state index in [9.17, 15) is 14.4 Å². The summed E-state index contributed by atoms with van der Waals surface area (Å²) in [4.78, 5) is 37.2. The van der Waals surface area contributed by atoms with Gasteiger partial charge in [0, 0.05) is 18.8 Å². The molecule has 1 fully saturated rings. The number of amides is 2. The summed E-state index contributed by atoms with van der Waals surface area (Å²) in [5.41, 5.74) is 0.766. The summed E-state index contributed by atoms with van der Waals surface area (Å²) in [6, 6.07) is 7.83. The molecule has 1 atom stereocenters. The van der Waals surface area contributed by atoms with Crippen LogP contribution in [0.2, 0.25) is 0 Å². The van der Waals surface area contributed by atoms with Gasteiger partial charge in [0.15, 0.2) is 6.10 Å². The van der Waals surface area contributed by atoms with Crippen molar-refractivity contribution >= 4 is 23.5 Å². The molecule has 1 aliphatic heterocycles. The van der Waals surface area contributed by atoms with E-state index >= 15 is 0 Å². The molecule has 0 aromatic heterocycles. The quantitative estimate of drug-likeness (QED) is 0.829. The molecule has 1 saturated heterocycles. The highest BCUT2D eigenvalue weighted by molar-refractivity contribution is 5.94. The molecule has 1 aromatic rings. The molecule has 1 aliphatic rings. The van der Waals surface area contributed by atoms with Crippen LogP contribution in [0.25, 0.3) is 0 Å². The van der Waals surface area contributed by atoms with E-state index in [-0.39, 0.29) is 17.9 Å². The van der Waals surface area contributed by atoms with Crippen molar-refractivity contribution in [1.82, 2.24) is 4.90 Å². The second-order valence-electron chi connectivity index (χ2n) is 5.54. The van der Waals surface area contributed by atoms with Gasteiger partial charge in [-0.1, -0.05) is 0 Å². The van der Waals surface area contributed by atoms with E-state index in [2.05, 4.69) is 5.32 Å². The summed E-state index contributed by atoms with van der Waals surface area (Å²) in [7, 11) is 0. The number of esters is 1. The van der Waals surface area contributed by atoms with E-state index in [1.54, 1.807) is 30.0 Å². The van der Waals surface area contributed by atoms with Crippen molar-refractivity contribution in [3.05, 3.63) is 29.8 Å². The lowest BCUT2D eigenvalue weighted by Crippen LogP contribution is -2.38. The topological polar surface area (TPSA) is 99.5 Å². The minimum atomic E-state index is -0.828. The molecule has 0 radical (unpaired) electrons. The molecule has 0 unspecified atom stereocenters. The lowest BCUT2D eigenvalue weighted by atomic mass is 10.2. The van der Waals surface area contributed by atoms with Crippen LogP contribution in [0.5, 0.6) is 0 Å². The zero-order valence-corrected chi connectivity index (χ0v) is 13.4. The Kier molecular flexibility index (Phi) is 5.90. The van der Waals surface area contributed by atoms with Crippen LogP contribution < -0.4 is 5.32 Å². The maximum atomic E-state index is 12.1. The third kappa shape index (κ3) is 4.56. The predicted octanol–water partition coefficient (Wildman–Crippen LogP) is 1.71. The summed E-state index contributed by atoms with van der Waals surface area (Å²) < 4.78 is 5.21. The molecule has 1 N–H and O–H groups in total. The molecule has 0 saturated carbocycles. The number of hydrogen-bond donors (Lipinski definition) is 1. The first-order valence-electron chi connectivity index (χ1n) is 7.78. The van der Waals surface area contributed by atoms with E-state index in [4.69, 9.17) is 10.00 Å². The van der Waals surface area contributed by atoms with Crippen LogP contribution in [0.1, 0.15) is 36.5 Å². The molecule has 24 heavy (non-hydrogen) atoms. The molecule has 0 aliphatic carbocycles. The minimum Gasteiger partial charge on any atom is -0.449 e. The van der Waals surface area contributed by atoms with E-state index in [1.165, 1.54) is 12.1 Å². The molecule has 0 spiro atoms. The highest BCUT2D eigenvalue weighted by Gasteiger charge is 2.26. The van der Waals surface area contributed by atoms with Crippen LogP contribution in [0.15, 0.2) is 24.3 Å². The molecule has 7 nitrogen and oxygen atoms in total. The Hall–Kier alpha value is -2.88. The standard InChI is InChI=1S/C17H19N3O4/c1-12(16(22)20-10-2-3-11-20)24-17(23)13-4-6-14(7-5-13)19-15(21)8-9-18/h4-7,12H,2-3,8,10-11H2,1H3,(H,19,21)/t12-/m1/s1. The van der Waals surface area contributed by atoms with Gasteiger partial charge in [-0.3, -0.25) is 9.59 Å². The van der Waals surface area contributed by atoms with Crippen molar-refractivity contribution in [2.45, 2.75) is 32.3 Å². The Labute approximate surface area is 140 Å². The minimum absolute atomic E-state index is 0.179. The highest BCUT2D eigenvalue weighted by Crippen LogP contribution is 2.14. The highest BCUT2D eigenvalue weighted by atomic mass is 16.5. The fourth-order valence-electron chi connectivity index (χ4n) is 2.44. The van der Waals surface area contributed by atoms with E-state index in [1.807, 2.05) is 0 Å². The summed E-state index contributed by atoms with van der Waals surface area (Å²) in [6.07, 6.45) is 0.891. The lowest BCUT2D eigenvalue weighted by molar-refractivity contribution is -0.138. The first-order valence-corrected chi connectivity index (χ1v) is 7.78. The Morgan fingerprint density at radius 3 is 2.46 bits per heavy atom. The predicted molar refractivity (Wildman–Crippen MR) is 86.0 cm³/mol. The Morgan fingerprint density at radius 2 is 1.88 bits per heavy atom. The number of nitrogens with zero attached hydrogens (tertiary/aromatic N) is 2.